The molecule has 0 fully saturated rings. The minimum absolute atomic E-state index is 0. The summed E-state index contributed by atoms with van der Waals surface area (Å²) >= 11 is 1.63. The van der Waals surface area contributed by atoms with E-state index in [2.05, 4.69) is 150 Å². The summed E-state index contributed by atoms with van der Waals surface area (Å²) in [5, 5.41) is 20.2. The standard InChI is InChI=1S/C21H17N3.C20H14N2O.C20H14N2S.3Rh/c1-23-16-24(20-10-6-3-7-11-20)22-21(23)19-14-12-18(13-15-19)17-8-4-2-5-9-17;2*1-3-7-16(8-4-1)17-11-13-18(14-12-17)20-21-22(15-23-20)19-9-5-2-6-10-19;;;/h2-10,12-16H,1H3;2*1-9,11-15H;;;/q3*-2;3*+2. The van der Waals surface area contributed by atoms with Gasteiger partial charge in [-0.25, -0.2) is 5.10 Å². The van der Waals surface area contributed by atoms with E-state index >= 15 is 0 Å². The van der Waals surface area contributed by atoms with E-state index in [9.17, 15) is 0 Å². The fraction of sp³-hybridized carbons (Fsp3) is 0.0164. The average molecular weight is 1230 g/mol. The molecule has 0 saturated carbocycles. The first-order valence-corrected chi connectivity index (χ1v) is 23.6. The van der Waals surface area contributed by atoms with Gasteiger partial charge in [-0.3, -0.25) is 11.8 Å². The van der Waals surface area contributed by atoms with Crippen LogP contribution in [-0.4, -0.2) is 28.7 Å². The van der Waals surface area contributed by atoms with Crippen molar-refractivity contribution >= 4 is 45.6 Å². The molecule has 0 N–H and O–H groups in total. The summed E-state index contributed by atoms with van der Waals surface area (Å²) in [6, 6.07) is 89.2. The van der Waals surface area contributed by atoms with Gasteiger partial charge in [-0.2, -0.15) is 88.9 Å². The van der Waals surface area contributed by atoms with Crippen LogP contribution in [0.5, 0.6) is 0 Å². The van der Waals surface area contributed by atoms with E-state index in [4.69, 9.17) is 9.84 Å². The van der Waals surface area contributed by atoms with E-state index in [1.54, 1.807) is 23.5 Å². The smallest absolute Gasteiger partial charge is 0.625 e. The zero-order chi connectivity index (χ0) is 47.3. The molecule has 0 bridgehead atoms. The number of benzene rings is 9. The van der Waals surface area contributed by atoms with Crippen LogP contribution in [0.1, 0.15) is 16.7 Å². The monoisotopic (exact) mass is 1230 g/mol. The summed E-state index contributed by atoms with van der Waals surface area (Å²) in [5.74, 6) is 3.51. The first-order chi connectivity index (χ1) is 34.6. The molecule has 0 amide bonds. The third kappa shape index (κ3) is 13.8. The SMILES string of the molecule is CN1[CH-]N(c2[c-]cccc2)N=C1c1ccc(-c2ccccc2)cc1.[Rh+2].[Rh+2].[Rh+2].[c-]1ccccc1N1[CH-]OC(c2ccc(-c3ccccc3)cc2)=N1.[c-]1ccccc1N1[CH-]SC(c2ccc(-c3ccccc3)cc2)=N1. The van der Waals surface area contributed by atoms with Crippen molar-refractivity contribution in [1.29, 1.82) is 0 Å². The Labute approximate surface area is 471 Å². The average Bonchev–Trinajstić information content (AvgIpc) is 4.25. The van der Waals surface area contributed by atoms with Crippen molar-refractivity contribution < 1.29 is 63.2 Å². The van der Waals surface area contributed by atoms with Crippen molar-refractivity contribution in [3.05, 3.63) is 291 Å². The molecule has 0 spiro atoms. The van der Waals surface area contributed by atoms with E-state index in [0.29, 0.717) is 5.90 Å². The second-order valence-corrected chi connectivity index (χ2v) is 16.8. The van der Waals surface area contributed by atoms with Gasteiger partial charge in [-0.1, -0.05) is 175 Å². The van der Waals surface area contributed by atoms with Crippen LogP contribution in [0.4, 0.5) is 17.1 Å². The van der Waals surface area contributed by atoms with Crippen LogP contribution in [0, 0.1) is 37.5 Å². The van der Waals surface area contributed by atoms with Gasteiger partial charge in [-0.15, -0.1) is 24.9 Å². The Kier molecular flexibility index (Phi) is 19.8. The molecule has 0 aromatic heterocycles. The third-order valence-corrected chi connectivity index (χ3v) is 12.1. The number of ether oxygens (including phenoxy) is 1. The molecule has 9 aromatic rings. The molecule has 0 unspecified atom stereocenters. The third-order valence-electron chi connectivity index (χ3n) is 11.3. The van der Waals surface area contributed by atoms with Gasteiger partial charge in [0.25, 0.3) is 0 Å². The maximum absolute atomic E-state index is 5.58. The fourth-order valence-electron chi connectivity index (χ4n) is 7.65. The maximum Gasteiger partial charge on any atom is 2.00 e. The first kappa shape index (κ1) is 54.0. The van der Waals surface area contributed by atoms with Crippen LogP contribution in [0.15, 0.2) is 252 Å². The Morgan fingerprint density at radius 1 is 0.384 bits per heavy atom. The van der Waals surface area contributed by atoms with Gasteiger partial charge in [0.05, 0.1) is 5.04 Å². The second-order valence-electron chi connectivity index (χ2n) is 16.0. The molecule has 73 heavy (non-hydrogen) atoms. The molecule has 0 saturated heterocycles. The molecule has 12 rings (SSSR count). The van der Waals surface area contributed by atoms with Gasteiger partial charge >= 0.3 is 58.4 Å². The van der Waals surface area contributed by atoms with E-state index < -0.39 is 0 Å². The van der Waals surface area contributed by atoms with E-state index in [1.807, 2.05) is 150 Å². The van der Waals surface area contributed by atoms with Crippen LogP contribution in [0.2, 0.25) is 0 Å². The van der Waals surface area contributed by atoms with E-state index in [1.165, 1.54) is 33.4 Å². The van der Waals surface area contributed by atoms with Gasteiger partial charge < -0.3 is 24.7 Å². The van der Waals surface area contributed by atoms with Gasteiger partial charge in [0.1, 0.15) is 5.84 Å². The number of anilines is 3. The minimum Gasteiger partial charge on any atom is -0.625 e. The van der Waals surface area contributed by atoms with Crippen molar-refractivity contribution in [3.8, 4) is 33.4 Å². The summed E-state index contributed by atoms with van der Waals surface area (Å²) in [6.07, 6.45) is 0. The van der Waals surface area contributed by atoms with Crippen molar-refractivity contribution in [2.45, 2.75) is 0 Å². The van der Waals surface area contributed by atoms with Crippen LogP contribution < -0.4 is 15.0 Å². The molecule has 3 radical (unpaired) electrons. The normalized spacial score (nSPS) is 13.2. The quantitative estimate of drug-likeness (QED) is 0.106. The molecule has 3 aliphatic heterocycles. The molecule has 363 valence electrons. The summed E-state index contributed by atoms with van der Waals surface area (Å²) in [6.45, 7) is 3.55. The molecule has 12 heteroatoms. The predicted molar refractivity (Wildman–Crippen MR) is 288 cm³/mol. The second kappa shape index (κ2) is 26.8. The number of nitrogens with zero attached hydrogens (tertiary/aromatic N) is 7. The number of amidine groups is 1. The Morgan fingerprint density at radius 2 is 0.767 bits per heavy atom. The van der Waals surface area contributed by atoms with Crippen LogP contribution in [-0.2, 0) is 63.2 Å². The minimum atomic E-state index is 0. The topological polar surface area (TPSA) is 59.3 Å². The number of hydrazone groups is 3. The molecule has 0 atom stereocenters. The summed E-state index contributed by atoms with van der Waals surface area (Å²) < 4.78 is 5.58. The molecular weight excluding hydrogens is 1190 g/mol. The van der Waals surface area contributed by atoms with Crippen LogP contribution in [0.25, 0.3) is 33.4 Å². The van der Waals surface area contributed by atoms with Crippen molar-refractivity contribution in [2.24, 2.45) is 15.3 Å². The molecule has 3 heterocycles. The van der Waals surface area contributed by atoms with Crippen molar-refractivity contribution in [3.63, 3.8) is 0 Å². The number of rotatable bonds is 9. The molecule has 8 nitrogen and oxygen atoms in total. The van der Waals surface area contributed by atoms with Crippen molar-refractivity contribution in [2.75, 3.05) is 22.1 Å². The summed E-state index contributed by atoms with van der Waals surface area (Å²) in [4.78, 5) is 2.03. The fourth-order valence-corrected chi connectivity index (χ4v) is 8.42. The largest absolute Gasteiger partial charge is 2.00 e. The zero-order valence-electron chi connectivity index (χ0n) is 39.2. The Morgan fingerprint density at radius 3 is 1.22 bits per heavy atom. The summed E-state index contributed by atoms with van der Waals surface area (Å²) in [7, 11) is 2.01. The molecule has 9 aromatic carbocycles. The Hall–Kier alpha value is -6.79. The molecule has 3 aliphatic rings. The summed E-state index contributed by atoms with van der Waals surface area (Å²) in [5.41, 5.74) is 13.1. The number of thioether (sulfide) groups is 1. The van der Waals surface area contributed by atoms with Crippen molar-refractivity contribution in [1.82, 2.24) is 4.90 Å². The number of para-hydroxylation sites is 3. The first-order valence-electron chi connectivity index (χ1n) is 22.7. The Balaban J connectivity index is 0.000000157. The number of hydrogen-bond acceptors (Lipinski definition) is 9. The zero-order valence-corrected chi connectivity index (χ0v) is 44.9. The number of hydrogen-bond donors (Lipinski definition) is 0. The van der Waals surface area contributed by atoms with Crippen LogP contribution in [0.3, 0.4) is 0 Å². The Bertz CT molecular complexity index is 3030. The van der Waals surface area contributed by atoms with Gasteiger partial charge in [0, 0.05) is 16.7 Å². The van der Waals surface area contributed by atoms with Gasteiger partial charge in [0.15, 0.2) is 0 Å². The maximum atomic E-state index is 5.58. The van der Waals surface area contributed by atoms with Gasteiger partial charge in [-0.05, 0) is 52.6 Å². The van der Waals surface area contributed by atoms with E-state index in [0.717, 1.165) is 44.6 Å². The molecule has 0 aliphatic carbocycles. The van der Waals surface area contributed by atoms with E-state index in [-0.39, 0.29) is 58.4 Å². The molecular formula is C61H45N7ORh3S. The van der Waals surface area contributed by atoms with Gasteiger partial charge in [0.2, 0.25) is 5.90 Å². The predicted octanol–water partition coefficient (Wildman–Crippen LogP) is 14.0. The van der Waals surface area contributed by atoms with Crippen LogP contribution >= 0.6 is 11.8 Å².